The van der Waals surface area contributed by atoms with E-state index in [0.717, 1.165) is 49.8 Å². The Kier molecular flexibility index (Phi) is 6.62. The summed E-state index contributed by atoms with van der Waals surface area (Å²) >= 11 is 0. The Morgan fingerprint density at radius 2 is 2.19 bits per heavy atom. The van der Waals surface area contributed by atoms with E-state index in [9.17, 15) is 4.39 Å². The zero-order valence-electron chi connectivity index (χ0n) is 15.9. The maximum atomic E-state index is 14.0. The van der Waals surface area contributed by atoms with Crippen molar-refractivity contribution >= 4 is 5.96 Å². The van der Waals surface area contributed by atoms with Gasteiger partial charge in [-0.05, 0) is 44.4 Å². The Morgan fingerprint density at radius 1 is 1.37 bits per heavy atom. The van der Waals surface area contributed by atoms with Crippen molar-refractivity contribution in [1.29, 1.82) is 0 Å². The number of hydrogen-bond donors (Lipinski definition) is 2. The predicted octanol–water partition coefficient (Wildman–Crippen LogP) is 2.69. The van der Waals surface area contributed by atoms with Gasteiger partial charge in [0.1, 0.15) is 12.2 Å². The van der Waals surface area contributed by atoms with Crippen molar-refractivity contribution < 1.29 is 9.13 Å². The third kappa shape index (κ3) is 4.96. The molecular formula is C19H27FN6O. The number of guanidine groups is 1. The van der Waals surface area contributed by atoms with Crippen LogP contribution < -0.4 is 10.1 Å². The average molecular weight is 374 g/mol. The van der Waals surface area contributed by atoms with Gasteiger partial charge < -0.3 is 15.0 Å². The number of rotatable bonds is 6. The van der Waals surface area contributed by atoms with Gasteiger partial charge in [0.25, 0.3) is 0 Å². The summed E-state index contributed by atoms with van der Waals surface area (Å²) in [6, 6.07) is 5.02. The van der Waals surface area contributed by atoms with Gasteiger partial charge in [0.05, 0.1) is 13.2 Å². The number of aliphatic imine (C=N–C) groups is 1. The molecule has 1 saturated heterocycles. The van der Waals surface area contributed by atoms with E-state index < -0.39 is 0 Å². The molecule has 1 aliphatic rings. The van der Waals surface area contributed by atoms with Crippen LogP contribution in [-0.2, 0) is 6.54 Å². The molecule has 2 heterocycles. The highest BCUT2D eigenvalue weighted by molar-refractivity contribution is 5.80. The molecular weight excluding hydrogens is 347 g/mol. The van der Waals surface area contributed by atoms with Gasteiger partial charge in [-0.1, -0.05) is 6.07 Å². The number of nitrogens with zero attached hydrogens (tertiary/aromatic N) is 4. The lowest BCUT2D eigenvalue weighted by Crippen LogP contribution is -2.45. The van der Waals surface area contributed by atoms with Crippen molar-refractivity contribution in [2.45, 2.75) is 39.2 Å². The SMILES string of the molecule is CCNC(=NCc1ccc(OCC)c(F)c1)N1CCC(c2ncn[nH]2)CC1. The Hall–Kier alpha value is -2.64. The fourth-order valence-corrected chi connectivity index (χ4v) is 3.28. The first kappa shape index (κ1) is 19.1. The third-order valence-electron chi connectivity index (χ3n) is 4.66. The molecule has 0 bridgehead atoms. The van der Waals surface area contributed by atoms with Crippen LogP contribution in [0.5, 0.6) is 5.75 Å². The number of aromatic nitrogens is 3. The standard InChI is InChI=1S/C19H27FN6O/c1-3-21-19(22-12-14-5-6-17(27-4-2)16(20)11-14)26-9-7-15(8-10-26)18-23-13-24-25-18/h5-6,11,13,15H,3-4,7-10,12H2,1-2H3,(H,21,22)(H,23,24,25). The smallest absolute Gasteiger partial charge is 0.194 e. The maximum Gasteiger partial charge on any atom is 0.194 e. The first-order valence-corrected chi connectivity index (χ1v) is 9.51. The normalized spacial score (nSPS) is 15.8. The molecule has 27 heavy (non-hydrogen) atoms. The van der Waals surface area contributed by atoms with Crippen LogP contribution in [0, 0.1) is 5.82 Å². The quantitative estimate of drug-likeness (QED) is 0.600. The van der Waals surface area contributed by atoms with E-state index in [2.05, 4.69) is 25.4 Å². The van der Waals surface area contributed by atoms with E-state index in [-0.39, 0.29) is 11.6 Å². The predicted molar refractivity (Wildman–Crippen MR) is 102 cm³/mol. The fourth-order valence-electron chi connectivity index (χ4n) is 3.28. The summed E-state index contributed by atoms with van der Waals surface area (Å²) in [4.78, 5) is 11.2. The first-order chi connectivity index (χ1) is 13.2. The van der Waals surface area contributed by atoms with Crippen LogP contribution in [0.4, 0.5) is 4.39 Å². The summed E-state index contributed by atoms with van der Waals surface area (Å²) < 4.78 is 19.3. The van der Waals surface area contributed by atoms with E-state index in [1.807, 2.05) is 19.9 Å². The zero-order valence-corrected chi connectivity index (χ0v) is 15.9. The van der Waals surface area contributed by atoms with E-state index in [4.69, 9.17) is 9.73 Å². The van der Waals surface area contributed by atoms with Crippen LogP contribution in [0.25, 0.3) is 0 Å². The second kappa shape index (κ2) is 9.34. The Bertz CT molecular complexity index is 741. The number of hydrogen-bond acceptors (Lipinski definition) is 4. The van der Waals surface area contributed by atoms with Crippen molar-refractivity contribution in [3.8, 4) is 5.75 Å². The summed E-state index contributed by atoms with van der Waals surface area (Å²) in [5.41, 5.74) is 0.822. The second-order valence-electron chi connectivity index (χ2n) is 6.50. The van der Waals surface area contributed by atoms with Gasteiger partial charge in [0.2, 0.25) is 0 Å². The molecule has 0 amide bonds. The number of nitrogens with one attached hydrogen (secondary N) is 2. The van der Waals surface area contributed by atoms with E-state index in [0.29, 0.717) is 19.1 Å². The lowest BCUT2D eigenvalue weighted by atomic mass is 9.96. The highest BCUT2D eigenvalue weighted by Gasteiger charge is 2.24. The number of H-pyrrole nitrogens is 1. The molecule has 1 aromatic heterocycles. The minimum Gasteiger partial charge on any atom is -0.491 e. The molecule has 146 valence electrons. The molecule has 8 heteroatoms. The van der Waals surface area contributed by atoms with Gasteiger partial charge in [-0.25, -0.2) is 14.4 Å². The largest absolute Gasteiger partial charge is 0.491 e. The lowest BCUT2D eigenvalue weighted by molar-refractivity contribution is 0.299. The molecule has 0 saturated carbocycles. The van der Waals surface area contributed by atoms with Gasteiger partial charge in [-0.15, -0.1) is 0 Å². The van der Waals surface area contributed by atoms with E-state index in [1.54, 1.807) is 12.4 Å². The van der Waals surface area contributed by atoms with Crippen molar-refractivity contribution in [2.24, 2.45) is 4.99 Å². The number of halogens is 1. The number of benzene rings is 1. The summed E-state index contributed by atoms with van der Waals surface area (Å²) in [5, 5.41) is 10.3. The lowest BCUT2D eigenvalue weighted by Gasteiger charge is -2.33. The number of aromatic amines is 1. The van der Waals surface area contributed by atoms with Crippen molar-refractivity contribution in [2.75, 3.05) is 26.2 Å². The highest BCUT2D eigenvalue weighted by atomic mass is 19.1. The minimum absolute atomic E-state index is 0.284. The zero-order chi connectivity index (χ0) is 19.1. The molecule has 1 aliphatic heterocycles. The molecule has 0 aliphatic carbocycles. The molecule has 2 N–H and O–H groups in total. The van der Waals surface area contributed by atoms with Crippen LogP contribution in [0.15, 0.2) is 29.5 Å². The first-order valence-electron chi connectivity index (χ1n) is 9.51. The number of ether oxygens (including phenoxy) is 1. The molecule has 0 spiro atoms. The molecule has 0 atom stereocenters. The van der Waals surface area contributed by atoms with E-state index in [1.165, 1.54) is 6.07 Å². The molecule has 0 unspecified atom stereocenters. The summed E-state index contributed by atoms with van der Waals surface area (Å²) in [5.74, 6) is 2.17. The van der Waals surface area contributed by atoms with Gasteiger partial charge in [-0.3, -0.25) is 5.10 Å². The average Bonchev–Trinajstić information content (AvgIpc) is 3.22. The third-order valence-corrected chi connectivity index (χ3v) is 4.66. The van der Waals surface area contributed by atoms with Crippen LogP contribution >= 0.6 is 0 Å². The Labute approximate surface area is 159 Å². The summed E-state index contributed by atoms with van der Waals surface area (Å²) in [7, 11) is 0. The summed E-state index contributed by atoms with van der Waals surface area (Å²) in [6.45, 7) is 7.35. The van der Waals surface area contributed by atoms with Crippen LogP contribution in [-0.4, -0.2) is 52.3 Å². The topological polar surface area (TPSA) is 78.4 Å². The van der Waals surface area contributed by atoms with Crippen LogP contribution in [0.2, 0.25) is 0 Å². The maximum absolute atomic E-state index is 14.0. The molecule has 0 radical (unpaired) electrons. The number of likely N-dealkylation sites (tertiary alicyclic amines) is 1. The van der Waals surface area contributed by atoms with Gasteiger partial charge in [-0.2, -0.15) is 5.10 Å². The summed E-state index contributed by atoms with van der Waals surface area (Å²) in [6.07, 6.45) is 3.55. The number of piperidine rings is 1. The van der Waals surface area contributed by atoms with Crippen LogP contribution in [0.1, 0.15) is 44.0 Å². The molecule has 7 nitrogen and oxygen atoms in total. The fraction of sp³-hybridized carbons (Fsp3) is 0.526. The molecule has 1 aromatic carbocycles. The molecule has 1 fully saturated rings. The van der Waals surface area contributed by atoms with Gasteiger partial charge in [0, 0.05) is 25.6 Å². The highest BCUT2D eigenvalue weighted by Crippen LogP contribution is 2.25. The minimum atomic E-state index is -0.345. The van der Waals surface area contributed by atoms with Crippen molar-refractivity contribution in [3.05, 3.63) is 41.7 Å². The van der Waals surface area contributed by atoms with E-state index >= 15 is 0 Å². The van der Waals surface area contributed by atoms with Crippen molar-refractivity contribution in [1.82, 2.24) is 25.4 Å². The second-order valence-corrected chi connectivity index (χ2v) is 6.50. The van der Waals surface area contributed by atoms with Crippen molar-refractivity contribution in [3.63, 3.8) is 0 Å². The Morgan fingerprint density at radius 3 is 2.81 bits per heavy atom. The molecule has 3 rings (SSSR count). The van der Waals surface area contributed by atoms with Gasteiger partial charge in [0.15, 0.2) is 17.5 Å². The van der Waals surface area contributed by atoms with Gasteiger partial charge >= 0.3 is 0 Å². The Balaban J connectivity index is 1.62. The molecule has 2 aromatic rings. The van der Waals surface area contributed by atoms with Crippen LogP contribution in [0.3, 0.4) is 0 Å². The monoisotopic (exact) mass is 374 g/mol.